The highest BCUT2D eigenvalue weighted by atomic mass is 31.2. The van der Waals surface area contributed by atoms with E-state index in [1.165, 1.54) is 257 Å². The van der Waals surface area contributed by atoms with Gasteiger partial charge >= 0.3 is 19.8 Å². The molecule has 0 aromatic heterocycles. The van der Waals surface area contributed by atoms with Crippen molar-refractivity contribution in [1.82, 2.24) is 0 Å². The summed E-state index contributed by atoms with van der Waals surface area (Å²) < 4.78 is 34.5. The molecule has 1 N–H and O–H groups in total. The van der Waals surface area contributed by atoms with Crippen LogP contribution in [0, 0.1) is 0 Å². The lowest BCUT2D eigenvalue weighted by molar-refractivity contribution is -0.870. The van der Waals surface area contributed by atoms with Gasteiger partial charge in [0.05, 0.1) is 27.7 Å². The number of unbranched alkanes of at least 4 members (excludes halogenated alkanes) is 44. The Morgan fingerprint density at radius 1 is 0.386 bits per heavy atom. The predicted molar refractivity (Wildman–Crippen MR) is 298 cm³/mol. The molecule has 0 aromatic carbocycles. The summed E-state index contributed by atoms with van der Waals surface area (Å²) in [6, 6.07) is 0. The number of carbonyl (C=O) groups is 2. The van der Waals surface area contributed by atoms with Crippen LogP contribution in [0.25, 0.3) is 0 Å². The van der Waals surface area contributed by atoms with E-state index in [2.05, 4.69) is 13.8 Å². The lowest BCUT2D eigenvalue weighted by Crippen LogP contribution is -2.37. The quantitative estimate of drug-likeness (QED) is 0.0278. The number of rotatable bonds is 58. The molecular formula is C60H121NO8P+. The largest absolute Gasteiger partial charge is 0.472 e. The standard InChI is InChI=1S/C60H120NO8P/c1-6-8-10-12-14-16-18-19-20-21-22-23-24-25-26-27-28-29-30-31-32-33-34-35-36-37-38-39-40-41-43-45-47-49-51-53-60(63)69-58(57-68-70(64,65)67-55-54-61(3,4)5)56-66-59(62)52-50-48-46-44-42-17-15-13-11-9-7-2/h58H,6-57H2,1-5H3/p+1. The zero-order valence-corrected chi connectivity index (χ0v) is 48.4. The first kappa shape index (κ1) is 69.0. The molecule has 9 nitrogen and oxygen atoms in total. The van der Waals surface area contributed by atoms with Crippen molar-refractivity contribution in [3.05, 3.63) is 0 Å². The minimum Gasteiger partial charge on any atom is -0.462 e. The molecule has 0 heterocycles. The highest BCUT2D eigenvalue weighted by molar-refractivity contribution is 7.47. The minimum absolute atomic E-state index is 0.0371. The lowest BCUT2D eigenvalue weighted by atomic mass is 10.0. The second-order valence-corrected chi connectivity index (χ2v) is 23.9. The van der Waals surface area contributed by atoms with Crippen LogP contribution in [0.4, 0.5) is 0 Å². The molecule has 0 aliphatic rings. The molecule has 0 saturated carbocycles. The van der Waals surface area contributed by atoms with Crippen LogP contribution in [0.2, 0.25) is 0 Å². The molecule has 0 spiro atoms. The van der Waals surface area contributed by atoms with Crippen molar-refractivity contribution in [2.75, 3.05) is 47.5 Å². The molecule has 0 aromatic rings. The fourth-order valence-electron chi connectivity index (χ4n) is 9.37. The van der Waals surface area contributed by atoms with Crippen LogP contribution >= 0.6 is 7.82 Å². The Balaban J connectivity index is 3.86. The predicted octanol–water partition coefficient (Wildman–Crippen LogP) is 19.0. The lowest BCUT2D eigenvalue weighted by Gasteiger charge is -2.24. The normalized spacial score (nSPS) is 13.2. The number of ether oxygens (including phenoxy) is 2. The Morgan fingerprint density at radius 2 is 0.643 bits per heavy atom. The van der Waals surface area contributed by atoms with Gasteiger partial charge in [0.15, 0.2) is 6.10 Å². The molecule has 0 rings (SSSR count). The summed E-state index contributed by atoms with van der Waals surface area (Å²) >= 11 is 0. The number of esters is 2. The summed E-state index contributed by atoms with van der Waals surface area (Å²) in [4.78, 5) is 35.5. The minimum atomic E-state index is -4.37. The fraction of sp³-hybridized carbons (Fsp3) is 0.967. The van der Waals surface area contributed by atoms with Gasteiger partial charge in [0, 0.05) is 12.8 Å². The topological polar surface area (TPSA) is 108 Å². The third-order valence-corrected chi connectivity index (χ3v) is 15.1. The van der Waals surface area contributed by atoms with E-state index in [0.29, 0.717) is 17.4 Å². The number of phosphoric ester groups is 1. The number of hydrogen-bond donors (Lipinski definition) is 1. The van der Waals surface area contributed by atoms with Crippen molar-refractivity contribution in [1.29, 1.82) is 0 Å². The van der Waals surface area contributed by atoms with Gasteiger partial charge in [-0.1, -0.05) is 296 Å². The number of quaternary nitrogens is 1. The van der Waals surface area contributed by atoms with Gasteiger partial charge in [-0.15, -0.1) is 0 Å². The summed E-state index contributed by atoms with van der Waals surface area (Å²) in [6.45, 7) is 4.48. The number of phosphoric acid groups is 1. The van der Waals surface area contributed by atoms with Crippen LogP contribution in [0.5, 0.6) is 0 Å². The van der Waals surface area contributed by atoms with Crippen LogP contribution in [0.3, 0.4) is 0 Å². The van der Waals surface area contributed by atoms with Crippen LogP contribution in [-0.4, -0.2) is 74.9 Å². The zero-order chi connectivity index (χ0) is 51.3. The summed E-state index contributed by atoms with van der Waals surface area (Å²) in [5.74, 6) is -0.778. The second kappa shape index (κ2) is 52.9. The Bertz CT molecular complexity index is 1150. The van der Waals surface area contributed by atoms with E-state index in [-0.39, 0.29) is 25.6 Å². The summed E-state index contributed by atoms with van der Waals surface area (Å²) in [5, 5.41) is 0. The molecule has 0 fully saturated rings. The molecule has 0 aliphatic carbocycles. The van der Waals surface area contributed by atoms with E-state index < -0.39 is 26.5 Å². The molecule has 10 heteroatoms. The monoisotopic (exact) mass is 1010 g/mol. The first-order valence-electron chi connectivity index (χ1n) is 30.8. The van der Waals surface area contributed by atoms with Crippen molar-refractivity contribution < 1.29 is 42.1 Å². The molecule has 2 atom stereocenters. The van der Waals surface area contributed by atoms with E-state index >= 15 is 0 Å². The maximum Gasteiger partial charge on any atom is 0.472 e. The summed E-state index contributed by atoms with van der Waals surface area (Å²) in [7, 11) is 1.50. The summed E-state index contributed by atoms with van der Waals surface area (Å²) in [6.07, 6.45) is 60.7. The van der Waals surface area contributed by atoms with Gasteiger partial charge in [-0.05, 0) is 12.8 Å². The average molecular weight is 1020 g/mol. The van der Waals surface area contributed by atoms with E-state index in [9.17, 15) is 19.0 Å². The maximum absolute atomic E-state index is 12.8. The van der Waals surface area contributed by atoms with Crippen molar-refractivity contribution in [2.24, 2.45) is 0 Å². The molecule has 0 aliphatic heterocycles. The molecule has 0 bridgehead atoms. The SMILES string of the molecule is CCCCCCCCCCCCCCCCCCCCCCCCCCCCCCCCCCCCCC(=O)OC(COC(=O)CCCCCCCCCCCCC)COP(=O)(O)OCC[N+](C)(C)C. The van der Waals surface area contributed by atoms with Crippen molar-refractivity contribution in [3.8, 4) is 0 Å². The molecule has 0 saturated heterocycles. The van der Waals surface area contributed by atoms with E-state index in [1.54, 1.807) is 0 Å². The van der Waals surface area contributed by atoms with Gasteiger partial charge in [0.25, 0.3) is 0 Å². The van der Waals surface area contributed by atoms with Gasteiger partial charge in [-0.25, -0.2) is 4.57 Å². The first-order chi connectivity index (χ1) is 34.0. The van der Waals surface area contributed by atoms with Gasteiger partial charge in [0.2, 0.25) is 0 Å². The van der Waals surface area contributed by atoms with Gasteiger partial charge in [-0.3, -0.25) is 18.6 Å². The fourth-order valence-corrected chi connectivity index (χ4v) is 10.1. The Morgan fingerprint density at radius 3 is 0.914 bits per heavy atom. The molecule has 418 valence electrons. The van der Waals surface area contributed by atoms with Gasteiger partial charge in [0.1, 0.15) is 19.8 Å². The van der Waals surface area contributed by atoms with E-state index in [0.717, 1.165) is 38.5 Å². The number of likely N-dealkylation sites (N-methyl/N-ethyl adjacent to an activating group) is 1. The van der Waals surface area contributed by atoms with Crippen LogP contribution in [0.15, 0.2) is 0 Å². The Hall–Kier alpha value is -0.990. The zero-order valence-electron chi connectivity index (χ0n) is 47.5. The van der Waals surface area contributed by atoms with Crippen molar-refractivity contribution in [2.45, 2.75) is 328 Å². The number of hydrogen-bond acceptors (Lipinski definition) is 7. The maximum atomic E-state index is 12.8. The van der Waals surface area contributed by atoms with E-state index in [1.807, 2.05) is 21.1 Å². The number of nitrogens with zero attached hydrogens (tertiary/aromatic N) is 1. The first-order valence-corrected chi connectivity index (χ1v) is 32.3. The van der Waals surface area contributed by atoms with Crippen molar-refractivity contribution in [3.63, 3.8) is 0 Å². The second-order valence-electron chi connectivity index (χ2n) is 22.5. The molecule has 0 radical (unpaired) electrons. The van der Waals surface area contributed by atoms with Crippen LogP contribution in [0.1, 0.15) is 322 Å². The van der Waals surface area contributed by atoms with E-state index in [4.69, 9.17) is 18.5 Å². The molecule has 0 amide bonds. The van der Waals surface area contributed by atoms with Crippen molar-refractivity contribution >= 4 is 19.8 Å². The Labute approximate surface area is 435 Å². The highest BCUT2D eigenvalue weighted by Crippen LogP contribution is 2.43. The smallest absolute Gasteiger partial charge is 0.462 e. The molecular weight excluding hydrogens is 894 g/mol. The summed E-state index contributed by atoms with van der Waals surface area (Å²) in [5.41, 5.74) is 0. The third-order valence-electron chi connectivity index (χ3n) is 14.1. The van der Waals surface area contributed by atoms with Crippen LogP contribution < -0.4 is 0 Å². The molecule has 2 unspecified atom stereocenters. The van der Waals surface area contributed by atoms with Gasteiger partial charge < -0.3 is 18.9 Å². The Kier molecular flexibility index (Phi) is 52.1. The average Bonchev–Trinajstić information content (AvgIpc) is 3.32. The number of carbonyl (C=O) groups excluding carboxylic acids is 2. The third kappa shape index (κ3) is 56.3. The van der Waals surface area contributed by atoms with Gasteiger partial charge in [-0.2, -0.15) is 0 Å². The molecule has 70 heavy (non-hydrogen) atoms. The van der Waals surface area contributed by atoms with Crippen LogP contribution in [-0.2, 0) is 32.7 Å². The highest BCUT2D eigenvalue weighted by Gasteiger charge is 2.27.